The third-order valence-electron chi connectivity index (χ3n) is 4.52. The number of ether oxygens (including phenoxy) is 1. The summed E-state index contributed by atoms with van der Waals surface area (Å²) in [6.45, 7) is 3.24. The minimum absolute atomic E-state index is 0.112. The third-order valence-corrected chi connectivity index (χ3v) is 4.66. The van der Waals surface area contributed by atoms with Gasteiger partial charge in [0.05, 0.1) is 11.0 Å². The lowest BCUT2D eigenvalue weighted by molar-refractivity contribution is -0.135. The number of nitrogens with one attached hydrogen (secondary N) is 1. The molecular weight excluding hydrogens is 342 g/mol. The zero-order valence-corrected chi connectivity index (χ0v) is 14.8. The van der Waals surface area contributed by atoms with Gasteiger partial charge in [-0.15, -0.1) is 0 Å². The lowest BCUT2D eigenvalue weighted by atomic mass is 9.98. The van der Waals surface area contributed by atoms with Crippen molar-refractivity contribution in [3.8, 4) is 0 Å². The number of aliphatic hydroxyl groups excluding tert-OH is 1. The van der Waals surface area contributed by atoms with Crippen molar-refractivity contribution in [1.82, 2.24) is 10.2 Å². The molecule has 1 unspecified atom stereocenters. The summed E-state index contributed by atoms with van der Waals surface area (Å²) in [5.41, 5.74) is 2.93. The first kappa shape index (κ1) is 17.6. The first-order valence-corrected chi connectivity index (χ1v) is 8.61. The van der Waals surface area contributed by atoms with Gasteiger partial charge >= 0.3 is 6.09 Å². The predicted octanol–water partition coefficient (Wildman–Crippen LogP) is 0.826. The van der Waals surface area contributed by atoms with Crippen LogP contribution in [0.25, 0.3) is 0 Å². The molecule has 0 aliphatic carbocycles. The van der Waals surface area contributed by atoms with Crippen LogP contribution in [0.3, 0.4) is 0 Å². The van der Waals surface area contributed by atoms with Gasteiger partial charge in [-0.05, 0) is 36.6 Å². The molecule has 2 aliphatic heterocycles. The van der Waals surface area contributed by atoms with Crippen molar-refractivity contribution in [3.05, 3.63) is 29.3 Å². The van der Waals surface area contributed by atoms with Crippen molar-refractivity contribution in [1.29, 1.82) is 0 Å². The van der Waals surface area contributed by atoms with Crippen molar-refractivity contribution < 1.29 is 19.4 Å². The van der Waals surface area contributed by atoms with Crippen LogP contribution in [-0.4, -0.2) is 59.3 Å². The molecule has 1 aromatic carbocycles. The number of hydrogen-bond donors (Lipinski definition) is 2. The number of amides is 2. The molecule has 2 N–H and O–H groups in total. The Bertz CT molecular complexity index is 709. The number of fused-ring (bicyclic) bond motifs is 1. The Morgan fingerprint density at radius 3 is 2.96 bits per heavy atom. The molecule has 25 heavy (non-hydrogen) atoms. The van der Waals surface area contributed by atoms with E-state index in [1.165, 1.54) is 0 Å². The Kier molecular flexibility index (Phi) is 5.19. The molecule has 0 radical (unpaired) electrons. The van der Waals surface area contributed by atoms with Crippen LogP contribution in [0.15, 0.2) is 18.2 Å². The molecule has 2 amide bonds. The molecule has 0 aromatic heterocycles. The van der Waals surface area contributed by atoms with Gasteiger partial charge in [-0.3, -0.25) is 9.69 Å². The third kappa shape index (κ3) is 3.74. The highest BCUT2D eigenvalue weighted by molar-refractivity contribution is 7.80. The number of rotatable bonds is 4. The Balaban J connectivity index is 1.78. The monoisotopic (exact) mass is 363 g/mol. The van der Waals surface area contributed by atoms with Crippen LogP contribution in [0.2, 0.25) is 0 Å². The Morgan fingerprint density at radius 2 is 2.24 bits per heavy atom. The van der Waals surface area contributed by atoms with Crippen molar-refractivity contribution in [2.75, 3.05) is 31.2 Å². The maximum Gasteiger partial charge on any atom is 0.414 e. The number of anilines is 1. The molecule has 7 nitrogen and oxygen atoms in total. The summed E-state index contributed by atoms with van der Waals surface area (Å²) in [4.78, 5) is 27.8. The van der Waals surface area contributed by atoms with Crippen LogP contribution < -0.4 is 10.2 Å². The fourth-order valence-corrected chi connectivity index (χ4v) is 3.27. The molecule has 0 spiro atoms. The van der Waals surface area contributed by atoms with E-state index in [9.17, 15) is 9.59 Å². The van der Waals surface area contributed by atoms with Gasteiger partial charge in [-0.1, -0.05) is 18.3 Å². The number of aliphatic hydroxyl groups is 1. The van der Waals surface area contributed by atoms with Crippen LogP contribution in [0.4, 0.5) is 10.5 Å². The maximum absolute atomic E-state index is 12.1. The van der Waals surface area contributed by atoms with E-state index < -0.39 is 6.61 Å². The molecule has 0 saturated carbocycles. The van der Waals surface area contributed by atoms with Crippen LogP contribution in [0.5, 0.6) is 0 Å². The molecule has 2 aliphatic rings. The number of carbonyl (C=O) groups excluding carboxylic acids is 2. The average molecular weight is 363 g/mol. The van der Waals surface area contributed by atoms with Gasteiger partial charge in [0.15, 0.2) is 0 Å². The molecule has 2 heterocycles. The number of cyclic esters (lactones) is 1. The van der Waals surface area contributed by atoms with Gasteiger partial charge in [-0.25, -0.2) is 4.79 Å². The fraction of sp³-hybridized carbons (Fsp3) is 0.471. The lowest BCUT2D eigenvalue weighted by Gasteiger charge is -2.30. The van der Waals surface area contributed by atoms with Gasteiger partial charge < -0.3 is 20.1 Å². The topological polar surface area (TPSA) is 82.1 Å². The highest BCUT2D eigenvalue weighted by atomic mass is 32.1. The number of benzene rings is 1. The number of nitrogens with zero attached hydrogens (tertiary/aromatic N) is 2. The highest BCUT2D eigenvalue weighted by Gasteiger charge is 2.34. The first-order chi connectivity index (χ1) is 12.0. The smallest absolute Gasteiger partial charge is 0.414 e. The van der Waals surface area contributed by atoms with Crippen molar-refractivity contribution in [2.24, 2.45) is 0 Å². The molecule has 134 valence electrons. The maximum atomic E-state index is 12.1. The van der Waals surface area contributed by atoms with E-state index in [2.05, 4.69) is 5.32 Å². The lowest BCUT2D eigenvalue weighted by Crippen LogP contribution is -2.42. The van der Waals surface area contributed by atoms with Crippen molar-refractivity contribution >= 4 is 34.9 Å². The van der Waals surface area contributed by atoms with Gasteiger partial charge in [0.25, 0.3) is 0 Å². The normalized spacial score (nSPS) is 19.4. The second-order valence-electron chi connectivity index (χ2n) is 6.21. The summed E-state index contributed by atoms with van der Waals surface area (Å²) < 4.78 is 5.19. The Labute approximate surface area is 151 Å². The largest absolute Gasteiger partial charge is 0.447 e. The summed E-state index contributed by atoms with van der Waals surface area (Å²) in [6.07, 6.45) is 0.335. The average Bonchev–Trinajstić information content (AvgIpc) is 2.99. The standard InChI is InChI=1S/C17H21N3O4S/c1-11(25)18-7-15-10-24-17(23)20(15)14-3-2-13-8-19(16(22)9-21)5-4-12(13)6-14/h2-3,6,15,21H,4-5,7-10H2,1H3,(H,18,25). The molecule has 0 bridgehead atoms. The second kappa shape index (κ2) is 7.37. The summed E-state index contributed by atoms with van der Waals surface area (Å²) in [5, 5.41) is 12.1. The zero-order chi connectivity index (χ0) is 18.0. The molecule has 1 atom stereocenters. The summed E-state index contributed by atoms with van der Waals surface area (Å²) in [6, 6.07) is 5.68. The minimum atomic E-state index is -0.471. The van der Waals surface area contributed by atoms with Crippen molar-refractivity contribution in [2.45, 2.75) is 25.9 Å². The molecule has 1 fully saturated rings. The Hall–Kier alpha value is -2.19. The van der Waals surface area contributed by atoms with E-state index in [1.807, 2.05) is 18.2 Å². The fourth-order valence-electron chi connectivity index (χ4n) is 3.19. The van der Waals surface area contributed by atoms with Crippen LogP contribution >= 0.6 is 12.2 Å². The van der Waals surface area contributed by atoms with Gasteiger partial charge in [0.2, 0.25) is 5.91 Å². The number of carbonyl (C=O) groups is 2. The first-order valence-electron chi connectivity index (χ1n) is 8.20. The number of thiocarbonyl (C=S) groups is 1. The molecule has 1 aromatic rings. The highest BCUT2D eigenvalue weighted by Crippen LogP contribution is 2.28. The van der Waals surface area contributed by atoms with Gasteiger partial charge in [-0.2, -0.15) is 0 Å². The van der Waals surface area contributed by atoms with E-state index >= 15 is 0 Å². The SMILES string of the molecule is CC(=S)NCC1COC(=O)N1c1ccc2c(c1)CCN(C(=O)CO)C2. The van der Waals surface area contributed by atoms with Crippen LogP contribution in [-0.2, 0) is 22.5 Å². The second-order valence-corrected chi connectivity index (χ2v) is 6.83. The van der Waals surface area contributed by atoms with Crippen molar-refractivity contribution in [3.63, 3.8) is 0 Å². The van der Waals surface area contributed by atoms with Gasteiger partial charge in [0, 0.05) is 25.3 Å². The number of hydrogen-bond acceptors (Lipinski definition) is 5. The van der Waals surface area contributed by atoms with E-state index in [4.69, 9.17) is 22.1 Å². The Morgan fingerprint density at radius 1 is 1.44 bits per heavy atom. The zero-order valence-electron chi connectivity index (χ0n) is 14.0. The molecule has 3 rings (SSSR count). The molecule has 1 saturated heterocycles. The van der Waals surface area contributed by atoms with Crippen LogP contribution in [0, 0.1) is 0 Å². The van der Waals surface area contributed by atoms with Crippen LogP contribution in [0.1, 0.15) is 18.1 Å². The van der Waals surface area contributed by atoms with E-state index in [-0.39, 0.29) is 18.0 Å². The van der Waals surface area contributed by atoms with E-state index in [0.717, 1.165) is 16.8 Å². The summed E-state index contributed by atoms with van der Waals surface area (Å²) >= 11 is 5.03. The quantitative estimate of drug-likeness (QED) is 0.771. The van der Waals surface area contributed by atoms with Gasteiger partial charge in [0.1, 0.15) is 13.2 Å². The van der Waals surface area contributed by atoms with E-state index in [1.54, 1.807) is 16.7 Å². The molecule has 8 heteroatoms. The summed E-state index contributed by atoms with van der Waals surface area (Å²) in [5.74, 6) is -0.264. The summed E-state index contributed by atoms with van der Waals surface area (Å²) in [7, 11) is 0. The molecular formula is C17H21N3O4S. The predicted molar refractivity (Wildman–Crippen MR) is 96.5 cm³/mol. The minimum Gasteiger partial charge on any atom is -0.447 e. The van der Waals surface area contributed by atoms with E-state index in [0.29, 0.717) is 37.7 Å².